The van der Waals surface area contributed by atoms with Gasteiger partial charge in [-0.05, 0) is 31.5 Å². The Morgan fingerprint density at radius 1 is 1.08 bits per heavy atom. The Balaban J connectivity index is 1.66. The molecule has 3 rings (SSSR count). The number of carbonyl (C=O) groups excluding carboxylic acids is 3. The van der Waals surface area contributed by atoms with E-state index in [-0.39, 0.29) is 36.5 Å². The van der Waals surface area contributed by atoms with Crippen molar-refractivity contribution in [3.8, 4) is 0 Å². The number of fused-ring (bicyclic) bond motifs is 1. The van der Waals surface area contributed by atoms with E-state index in [2.05, 4.69) is 4.98 Å². The molecule has 0 atom stereocenters. The van der Waals surface area contributed by atoms with Gasteiger partial charge in [-0.25, -0.2) is 0 Å². The molecular weight excluding hydrogens is 330 g/mol. The predicted octanol–water partition coefficient (Wildman–Crippen LogP) is 2.50. The SMILES string of the molecule is CC(C)N(Cc1ccccc1)C(=O)CCN1C(=O)c2cccnc2C1=O. The smallest absolute Gasteiger partial charge is 0.280 e. The molecule has 0 aliphatic carbocycles. The Labute approximate surface area is 152 Å². The van der Waals surface area contributed by atoms with E-state index >= 15 is 0 Å². The fraction of sp³-hybridized carbons (Fsp3) is 0.300. The van der Waals surface area contributed by atoms with Crippen LogP contribution in [-0.4, -0.2) is 45.1 Å². The van der Waals surface area contributed by atoms with E-state index < -0.39 is 5.91 Å². The van der Waals surface area contributed by atoms with Gasteiger partial charge in [0.25, 0.3) is 11.8 Å². The molecule has 0 fully saturated rings. The van der Waals surface area contributed by atoms with Crippen molar-refractivity contribution in [3.63, 3.8) is 0 Å². The minimum Gasteiger partial charge on any atom is -0.336 e. The predicted molar refractivity (Wildman–Crippen MR) is 96.3 cm³/mol. The average molecular weight is 351 g/mol. The largest absolute Gasteiger partial charge is 0.336 e. The van der Waals surface area contributed by atoms with Gasteiger partial charge < -0.3 is 4.90 Å². The lowest BCUT2D eigenvalue weighted by Crippen LogP contribution is -2.39. The van der Waals surface area contributed by atoms with Crippen molar-refractivity contribution in [1.29, 1.82) is 0 Å². The fourth-order valence-corrected chi connectivity index (χ4v) is 3.01. The normalized spacial score (nSPS) is 13.3. The van der Waals surface area contributed by atoms with Gasteiger partial charge in [-0.3, -0.25) is 24.3 Å². The van der Waals surface area contributed by atoms with Gasteiger partial charge in [-0.2, -0.15) is 0 Å². The number of aromatic nitrogens is 1. The summed E-state index contributed by atoms with van der Waals surface area (Å²) >= 11 is 0. The van der Waals surface area contributed by atoms with Crippen molar-refractivity contribution in [2.75, 3.05) is 6.54 Å². The molecule has 0 radical (unpaired) electrons. The number of rotatable bonds is 6. The van der Waals surface area contributed by atoms with Crippen LogP contribution in [0, 0.1) is 0 Å². The quantitative estimate of drug-likeness (QED) is 0.750. The first-order valence-electron chi connectivity index (χ1n) is 8.63. The van der Waals surface area contributed by atoms with Gasteiger partial charge in [0.2, 0.25) is 5.91 Å². The van der Waals surface area contributed by atoms with E-state index in [1.165, 1.54) is 6.20 Å². The Morgan fingerprint density at radius 3 is 2.46 bits per heavy atom. The number of pyridine rings is 1. The van der Waals surface area contributed by atoms with E-state index in [0.29, 0.717) is 12.1 Å². The van der Waals surface area contributed by atoms with E-state index in [1.807, 2.05) is 44.2 Å². The third-order valence-corrected chi connectivity index (χ3v) is 4.42. The molecule has 134 valence electrons. The second-order valence-corrected chi connectivity index (χ2v) is 6.51. The van der Waals surface area contributed by atoms with Crippen LogP contribution in [0.5, 0.6) is 0 Å². The maximum atomic E-state index is 12.7. The summed E-state index contributed by atoms with van der Waals surface area (Å²) in [7, 11) is 0. The summed E-state index contributed by atoms with van der Waals surface area (Å²) < 4.78 is 0. The van der Waals surface area contributed by atoms with Gasteiger partial charge in [-0.15, -0.1) is 0 Å². The van der Waals surface area contributed by atoms with Crippen LogP contribution in [0.3, 0.4) is 0 Å². The molecule has 0 unspecified atom stereocenters. The van der Waals surface area contributed by atoms with Crippen LogP contribution in [0.1, 0.15) is 46.7 Å². The lowest BCUT2D eigenvalue weighted by atomic mass is 10.1. The van der Waals surface area contributed by atoms with Crippen LogP contribution < -0.4 is 0 Å². The van der Waals surface area contributed by atoms with Crippen LogP contribution in [0.2, 0.25) is 0 Å². The summed E-state index contributed by atoms with van der Waals surface area (Å²) in [5.41, 5.74) is 1.50. The number of hydrogen-bond acceptors (Lipinski definition) is 4. The molecule has 26 heavy (non-hydrogen) atoms. The monoisotopic (exact) mass is 351 g/mol. The van der Waals surface area contributed by atoms with Crippen LogP contribution in [0.15, 0.2) is 48.7 Å². The van der Waals surface area contributed by atoms with Gasteiger partial charge in [0.1, 0.15) is 5.69 Å². The summed E-state index contributed by atoms with van der Waals surface area (Å²) in [6, 6.07) is 13.0. The van der Waals surface area contributed by atoms with Gasteiger partial charge in [0.05, 0.1) is 5.56 Å². The third-order valence-electron chi connectivity index (χ3n) is 4.42. The fourth-order valence-electron chi connectivity index (χ4n) is 3.01. The second-order valence-electron chi connectivity index (χ2n) is 6.51. The Morgan fingerprint density at radius 2 is 1.81 bits per heavy atom. The molecule has 2 aromatic rings. The molecule has 0 N–H and O–H groups in total. The maximum absolute atomic E-state index is 12.7. The summed E-state index contributed by atoms with van der Waals surface area (Å²) in [6.07, 6.45) is 1.58. The second kappa shape index (κ2) is 7.47. The van der Waals surface area contributed by atoms with Crippen molar-refractivity contribution < 1.29 is 14.4 Å². The highest BCUT2D eigenvalue weighted by molar-refractivity contribution is 6.20. The molecule has 1 aliphatic rings. The lowest BCUT2D eigenvalue weighted by molar-refractivity contribution is -0.133. The Hall–Kier alpha value is -3.02. The van der Waals surface area contributed by atoms with E-state index in [9.17, 15) is 14.4 Å². The highest BCUT2D eigenvalue weighted by Gasteiger charge is 2.36. The van der Waals surface area contributed by atoms with Crippen LogP contribution in [0.4, 0.5) is 0 Å². The lowest BCUT2D eigenvalue weighted by Gasteiger charge is -2.27. The van der Waals surface area contributed by atoms with Crippen LogP contribution >= 0.6 is 0 Å². The minimum absolute atomic E-state index is 0.0200. The summed E-state index contributed by atoms with van der Waals surface area (Å²) in [5.74, 6) is -0.906. The van der Waals surface area contributed by atoms with Gasteiger partial charge in [0.15, 0.2) is 0 Å². The first kappa shape index (κ1) is 17.8. The first-order valence-corrected chi connectivity index (χ1v) is 8.63. The van der Waals surface area contributed by atoms with Crippen molar-refractivity contribution in [2.45, 2.75) is 32.9 Å². The van der Waals surface area contributed by atoms with Gasteiger partial charge in [0, 0.05) is 31.7 Å². The number of benzene rings is 1. The molecule has 0 bridgehead atoms. The summed E-state index contributed by atoms with van der Waals surface area (Å²) in [6.45, 7) is 4.46. The van der Waals surface area contributed by atoms with Crippen molar-refractivity contribution in [2.24, 2.45) is 0 Å². The van der Waals surface area contributed by atoms with E-state index in [0.717, 1.165) is 10.5 Å². The molecule has 0 spiro atoms. The van der Waals surface area contributed by atoms with Crippen molar-refractivity contribution >= 4 is 17.7 Å². The van der Waals surface area contributed by atoms with Gasteiger partial charge in [-0.1, -0.05) is 30.3 Å². The molecule has 1 aliphatic heterocycles. The molecule has 3 amide bonds. The first-order chi connectivity index (χ1) is 12.5. The van der Waals surface area contributed by atoms with Gasteiger partial charge >= 0.3 is 0 Å². The molecule has 2 heterocycles. The zero-order valence-electron chi connectivity index (χ0n) is 14.9. The third kappa shape index (κ3) is 3.49. The number of amides is 3. The zero-order valence-corrected chi connectivity index (χ0v) is 14.9. The maximum Gasteiger partial charge on any atom is 0.280 e. The molecule has 0 saturated carbocycles. The Bertz CT molecular complexity index is 798. The van der Waals surface area contributed by atoms with Crippen LogP contribution in [0.25, 0.3) is 0 Å². The molecule has 1 aromatic carbocycles. The molecule has 6 heteroatoms. The van der Waals surface area contributed by atoms with E-state index in [1.54, 1.807) is 17.0 Å². The molecule has 1 aromatic heterocycles. The summed E-state index contributed by atoms with van der Waals surface area (Å²) in [4.78, 5) is 44.2. The molecule has 6 nitrogen and oxygen atoms in total. The zero-order chi connectivity index (χ0) is 18.7. The highest BCUT2D eigenvalue weighted by Crippen LogP contribution is 2.21. The van der Waals surface area contributed by atoms with Crippen molar-refractivity contribution in [1.82, 2.24) is 14.8 Å². The molecular formula is C20H21N3O3. The number of imide groups is 1. The number of nitrogens with zero attached hydrogens (tertiary/aromatic N) is 3. The summed E-state index contributed by atoms with van der Waals surface area (Å²) in [5, 5.41) is 0. The van der Waals surface area contributed by atoms with E-state index in [4.69, 9.17) is 0 Å². The highest BCUT2D eigenvalue weighted by atomic mass is 16.2. The van der Waals surface area contributed by atoms with Crippen molar-refractivity contribution in [3.05, 3.63) is 65.5 Å². The van der Waals surface area contributed by atoms with Crippen LogP contribution in [-0.2, 0) is 11.3 Å². The minimum atomic E-state index is -0.433. The average Bonchev–Trinajstić information content (AvgIpc) is 2.89. The number of hydrogen-bond donors (Lipinski definition) is 0. The molecule has 0 saturated heterocycles. The number of carbonyl (C=O) groups is 3. The Kier molecular flexibility index (Phi) is 5.11. The topological polar surface area (TPSA) is 70.6 Å². The standard InChI is InChI=1S/C20H21N3O3/c1-14(2)23(13-15-7-4-3-5-8-15)17(24)10-12-22-19(25)16-9-6-11-21-18(16)20(22)26/h3-9,11,14H,10,12-13H2,1-2H3.